The van der Waals surface area contributed by atoms with Crippen molar-refractivity contribution >= 4 is 27.3 Å². The summed E-state index contributed by atoms with van der Waals surface area (Å²) < 4.78 is 6.87. The van der Waals surface area contributed by atoms with Crippen molar-refractivity contribution in [2.45, 2.75) is 26.4 Å². The minimum atomic E-state index is 0.630. The van der Waals surface area contributed by atoms with Gasteiger partial charge in [-0.05, 0) is 51.5 Å². The first-order valence-corrected chi connectivity index (χ1v) is 7.40. The highest BCUT2D eigenvalue weighted by Crippen LogP contribution is 2.24. The summed E-state index contributed by atoms with van der Waals surface area (Å²) in [5.41, 5.74) is 1.37. The molecular formula is C14H15BrOS. The summed E-state index contributed by atoms with van der Waals surface area (Å²) in [6.45, 7) is 2.82. The maximum absolute atomic E-state index is 5.74. The van der Waals surface area contributed by atoms with Crippen molar-refractivity contribution in [3.63, 3.8) is 0 Å². The average Bonchev–Trinajstić information content (AvgIpc) is 2.75. The van der Waals surface area contributed by atoms with Crippen LogP contribution in [0.4, 0.5) is 0 Å². The van der Waals surface area contributed by atoms with Crippen molar-refractivity contribution in [1.29, 1.82) is 0 Å². The first-order valence-electron chi connectivity index (χ1n) is 5.73. The van der Waals surface area contributed by atoms with Gasteiger partial charge < -0.3 is 4.74 Å². The fourth-order valence-corrected chi connectivity index (χ4v) is 3.00. The lowest BCUT2D eigenvalue weighted by atomic mass is 10.1. The van der Waals surface area contributed by atoms with E-state index in [0.717, 1.165) is 16.6 Å². The predicted octanol–water partition coefficient (Wildman–Crippen LogP) is 5.04. The first kappa shape index (κ1) is 12.7. The molecule has 0 spiro atoms. The van der Waals surface area contributed by atoms with E-state index in [0.29, 0.717) is 6.61 Å². The van der Waals surface area contributed by atoms with Crippen LogP contribution in [-0.4, -0.2) is 0 Å². The molecular weight excluding hydrogens is 296 g/mol. The number of aryl methyl sites for hydroxylation is 1. The molecule has 0 amide bonds. The third-order valence-electron chi connectivity index (χ3n) is 2.52. The minimum Gasteiger partial charge on any atom is -0.488 e. The molecule has 0 unspecified atom stereocenters. The van der Waals surface area contributed by atoms with Gasteiger partial charge in [0.25, 0.3) is 0 Å². The summed E-state index contributed by atoms with van der Waals surface area (Å²) in [4.78, 5) is 1.22. The molecule has 0 aliphatic rings. The second-order valence-electron chi connectivity index (χ2n) is 3.87. The predicted molar refractivity (Wildman–Crippen MR) is 76.8 cm³/mol. The van der Waals surface area contributed by atoms with Crippen molar-refractivity contribution in [3.05, 3.63) is 50.6 Å². The molecule has 3 heteroatoms. The number of halogens is 1. The van der Waals surface area contributed by atoms with Crippen LogP contribution in [0.2, 0.25) is 0 Å². The Morgan fingerprint density at radius 3 is 2.53 bits per heavy atom. The monoisotopic (exact) mass is 310 g/mol. The van der Waals surface area contributed by atoms with E-state index in [4.69, 9.17) is 4.74 Å². The number of hydrogen-bond donors (Lipinski definition) is 0. The molecule has 0 saturated carbocycles. The molecule has 0 radical (unpaired) electrons. The van der Waals surface area contributed by atoms with Crippen LogP contribution < -0.4 is 4.74 Å². The minimum absolute atomic E-state index is 0.630. The third-order valence-corrected chi connectivity index (χ3v) is 4.42. The third kappa shape index (κ3) is 3.58. The molecule has 0 fully saturated rings. The second-order valence-corrected chi connectivity index (χ2v) is 5.73. The molecule has 2 rings (SSSR count). The van der Waals surface area contributed by atoms with Crippen LogP contribution in [0.3, 0.4) is 0 Å². The molecule has 0 bridgehead atoms. The molecule has 1 heterocycles. The molecule has 0 N–H and O–H groups in total. The Kier molecular flexibility index (Phi) is 4.63. The molecule has 0 aliphatic heterocycles. The molecule has 2 aromatic rings. The van der Waals surface area contributed by atoms with E-state index < -0.39 is 0 Å². The number of ether oxygens (including phenoxy) is 1. The van der Waals surface area contributed by atoms with Crippen LogP contribution >= 0.6 is 27.3 Å². The zero-order valence-electron chi connectivity index (χ0n) is 9.78. The Morgan fingerprint density at radius 1 is 1.18 bits per heavy atom. The fraction of sp³-hybridized carbons (Fsp3) is 0.286. The summed E-state index contributed by atoms with van der Waals surface area (Å²) in [5, 5.41) is 2.06. The van der Waals surface area contributed by atoms with Crippen LogP contribution in [-0.2, 0) is 13.0 Å². The number of hydrogen-bond acceptors (Lipinski definition) is 2. The highest BCUT2D eigenvalue weighted by Gasteiger charge is 2.02. The van der Waals surface area contributed by atoms with Gasteiger partial charge >= 0.3 is 0 Å². The molecule has 1 nitrogen and oxygen atoms in total. The van der Waals surface area contributed by atoms with E-state index in [2.05, 4.69) is 40.4 Å². The van der Waals surface area contributed by atoms with Crippen LogP contribution in [0.25, 0.3) is 0 Å². The van der Waals surface area contributed by atoms with Crippen LogP contribution in [0.15, 0.2) is 40.2 Å². The van der Waals surface area contributed by atoms with Gasteiger partial charge in [0.2, 0.25) is 0 Å². The van der Waals surface area contributed by atoms with Crippen LogP contribution in [0.1, 0.15) is 23.8 Å². The first-order chi connectivity index (χ1) is 8.29. The quantitative estimate of drug-likeness (QED) is 0.751. The lowest BCUT2D eigenvalue weighted by Gasteiger charge is -2.06. The summed E-state index contributed by atoms with van der Waals surface area (Å²) in [5.74, 6) is 0.935. The zero-order valence-corrected chi connectivity index (χ0v) is 12.2. The summed E-state index contributed by atoms with van der Waals surface area (Å²) in [6, 6.07) is 10.4. The number of benzene rings is 1. The van der Waals surface area contributed by atoms with Gasteiger partial charge in [0.05, 0.1) is 4.88 Å². The number of rotatable bonds is 5. The maximum atomic E-state index is 5.74. The van der Waals surface area contributed by atoms with Crippen molar-refractivity contribution in [1.82, 2.24) is 0 Å². The van der Waals surface area contributed by atoms with Crippen molar-refractivity contribution in [2.24, 2.45) is 0 Å². The van der Waals surface area contributed by atoms with E-state index in [1.54, 1.807) is 11.3 Å². The summed E-state index contributed by atoms with van der Waals surface area (Å²) in [6.07, 6.45) is 2.32. The van der Waals surface area contributed by atoms with Gasteiger partial charge in [0.1, 0.15) is 12.4 Å². The van der Waals surface area contributed by atoms with Crippen molar-refractivity contribution < 1.29 is 4.74 Å². The molecule has 1 aromatic heterocycles. The van der Waals surface area contributed by atoms with Crippen molar-refractivity contribution in [3.8, 4) is 5.75 Å². The SMILES string of the molecule is CCCc1ccc(OCc2sccc2Br)cc1. The summed E-state index contributed by atoms with van der Waals surface area (Å²) in [7, 11) is 0. The van der Waals surface area contributed by atoms with E-state index in [1.807, 2.05) is 18.2 Å². The van der Waals surface area contributed by atoms with Gasteiger partial charge in [0, 0.05) is 4.47 Å². The van der Waals surface area contributed by atoms with Gasteiger partial charge in [0.15, 0.2) is 0 Å². The zero-order chi connectivity index (χ0) is 12.1. The fourth-order valence-electron chi connectivity index (χ4n) is 1.62. The topological polar surface area (TPSA) is 9.23 Å². The average molecular weight is 311 g/mol. The summed E-state index contributed by atoms with van der Waals surface area (Å²) >= 11 is 5.21. The molecule has 17 heavy (non-hydrogen) atoms. The Bertz CT molecular complexity index is 461. The van der Waals surface area contributed by atoms with E-state index in [-0.39, 0.29) is 0 Å². The molecule has 0 aliphatic carbocycles. The molecule has 90 valence electrons. The van der Waals surface area contributed by atoms with Gasteiger partial charge in [-0.15, -0.1) is 11.3 Å². The van der Waals surface area contributed by atoms with Gasteiger partial charge in [-0.1, -0.05) is 25.5 Å². The molecule has 0 atom stereocenters. The lowest BCUT2D eigenvalue weighted by Crippen LogP contribution is -1.93. The van der Waals surface area contributed by atoms with Gasteiger partial charge in [-0.3, -0.25) is 0 Å². The Morgan fingerprint density at radius 2 is 1.94 bits per heavy atom. The number of thiophene rings is 1. The van der Waals surface area contributed by atoms with Crippen LogP contribution in [0.5, 0.6) is 5.75 Å². The van der Waals surface area contributed by atoms with Gasteiger partial charge in [-0.2, -0.15) is 0 Å². The Hall–Kier alpha value is -0.800. The highest BCUT2D eigenvalue weighted by molar-refractivity contribution is 9.10. The lowest BCUT2D eigenvalue weighted by molar-refractivity contribution is 0.309. The molecule has 1 aromatic carbocycles. The van der Waals surface area contributed by atoms with E-state index in [9.17, 15) is 0 Å². The highest BCUT2D eigenvalue weighted by atomic mass is 79.9. The van der Waals surface area contributed by atoms with Crippen LogP contribution in [0, 0.1) is 0 Å². The maximum Gasteiger partial charge on any atom is 0.124 e. The normalized spacial score (nSPS) is 10.5. The smallest absolute Gasteiger partial charge is 0.124 e. The van der Waals surface area contributed by atoms with Crippen molar-refractivity contribution in [2.75, 3.05) is 0 Å². The Balaban J connectivity index is 1.93. The largest absolute Gasteiger partial charge is 0.488 e. The van der Waals surface area contributed by atoms with E-state index in [1.165, 1.54) is 16.9 Å². The Labute approximate surface area is 115 Å². The van der Waals surface area contributed by atoms with E-state index >= 15 is 0 Å². The standard InChI is InChI=1S/C14H15BrOS/c1-2-3-11-4-6-12(7-5-11)16-10-14-13(15)8-9-17-14/h4-9H,2-3,10H2,1H3. The van der Waals surface area contributed by atoms with Gasteiger partial charge in [-0.25, -0.2) is 0 Å². The second kappa shape index (κ2) is 6.22. The molecule has 0 saturated heterocycles.